The van der Waals surface area contributed by atoms with Crippen LogP contribution in [0.5, 0.6) is 0 Å². The predicted molar refractivity (Wildman–Crippen MR) is 123 cm³/mol. The van der Waals surface area contributed by atoms with Crippen LogP contribution in [0.2, 0.25) is 19.6 Å². The van der Waals surface area contributed by atoms with E-state index in [1.807, 2.05) is 24.3 Å². The highest BCUT2D eigenvalue weighted by atomic mass is 32.2. The summed E-state index contributed by atoms with van der Waals surface area (Å²) in [7, 11) is -3.93. The van der Waals surface area contributed by atoms with Gasteiger partial charge in [0.25, 0.3) is 10.2 Å². The van der Waals surface area contributed by atoms with Gasteiger partial charge in [-0.3, -0.25) is 4.79 Å². The van der Waals surface area contributed by atoms with Crippen molar-refractivity contribution in [2.24, 2.45) is 5.92 Å². The van der Waals surface area contributed by atoms with Gasteiger partial charge < -0.3 is 9.64 Å². The van der Waals surface area contributed by atoms with Crippen LogP contribution >= 0.6 is 0 Å². The molecule has 1 aromatic rings. The average Bonchev–Trinajstić information content (AvgIpc) is 2.70. The van der Waals surface area contributed by atoms with E-state index in [9.17, 15) is 13.2 Å². The molecule has 9 heteroatoms. The predicted octanol–water partition coefficient (Wildman–Crippen LogP) is 2.07. The van der Waals surface area contributed by atoms with Crippen LogP contribution in [-0.4, -0.2) is 66.1 Å². The van der Waals surface area contributed by atoms with Crippen LogP contribution in [0.4, 0.5) is 5.69 Å². The van der Waals surface area contributed by atoms with E-state index in [0.717, 1.165) is 11.3 Å². The Morgan fingerprint density at radius 1 is 1.10 bits per heavy atom. The molecule has 1 aliphatic heterocycles. The van der Waals surface area contributed by atoms with Gasteiger partial charge in [0.15, 0.2) is 0 Å². The zero-order valence-electron chi connectivity index (χ0n) is 18.7. The van der Waals surface area contributed by atoms with Crippen molar-refractivity contribution in [2.75, 3.05) is 38.2 Å². The molecule has 0 saturated carbocycles. The molecule has 0 bridgehead atoms. The van der Waals surface area contributed by atoms with E-state index >= 15 is 0 Å². The Morgan fingerprint density at radius 2 is 1.67 bits per heavy atom. The summed E-state index contributed by atoms with van der Waals surface area (Å²) in [4.78, 5) is 14.1. The molecule has 7 nitrogen and oxygen atoms in total. The van der Waals surface area contributed by atoms with Gasteiger partial charge in [-0.25, -0.2) is 0 Å². The lowest BCUT2D eigenvalue weighted by Crippen LogP contribution is -2.56. The van der Waals surface area contributed by atoms with Gasteiger partial charge >= 0.3 is 5.97 Å². The first kappa shape index (κ1) is 24.4. The Bertz CT molecular complexity index is 891. The molecule has 1 fully saturated rings. The first-order valence-corrected chi connectivity index (χ1v) is 15.1. The number of esters is 1. The van der Waals surface area contributed by atoms with Gasteiger partial charge in [-0.05, 0) is 30.2 Å². The molecule has 1 atom stereocenters. The molecule has 1 aromatic carbocycles. The van der Waals surface area contributed by atoms with Gasteiger partial charge in [-0.15, -0.1) is 5.54 Å². The maximum Gasteiger partial charge on any atom is 0.324 e. The normalized spacial score (nSPS) is 16.7. The Kier molecular flexibility index (Phi) is 8.11. The van der Waals surface area contributed by atoms with E-state index in [0.29, 0.717) is 26.2 Å². The van der Waals surface area contributed by atoms with E-state index in [4.69, 9.17) is 4.74 Å². The number of methoxy groups -OCH3 is 1. The average molecular weight is 452 g/mol. The van der Waals surface area contributed by atoms with Gasteiger partial charge in [0, 0.05) is 37.4 Å². The van der Waals surface area contributed by atoms with Crippen molar-refractivity contribution in [1.29, 1.82) is 0 Å². The molecule has 1 N–H and O–H groups in total. The smallest absolute Gasteiger partial charge is 0.324 e. The van der Waals surface area contributed by atoms with Crippen LogP contribution < -0.4 is 9.62 Å². The molecule has 0 unspecified atom stereocenters. The van der Waals surface area contributed by atoms with E-state index in [1.165, 1.54) is 11.4 Å². The second kappa shape index (κ2) is 9.96. The van der Waals surface area contributed by atoms with Crippen molar-refractivity contribution in [2.45, 2.75) is 39.5 Å². The van der Waals surface area contributed by atoms with Gasteiger partial charge in [-0.2, -0.15) is 17.4 Å². The zero-order valence-corrected chi connectivity index (χ0v) is 20.5. The van der Waals surface area contributed by atoms with Crippen molar-refractivity contribution in [3.8, 4) is 11.5 Å². The van der Waals surface area contributed by atoms with Crippen molar-refractivity contribution in [3.63, 3.8) is 0 Å². The number of hydrogen-bond donors (Lipinski definition) is 1. The molecule has 0 aliphatic carbocycles. The van der Waals surface area contributed by atoms with Gasteiger partial charge in [0.1, 0.15) is 14.1 Å². The molecule has 1 aliphatic rings. The highest BCUT2D eigenvalue weighted by Crippen LogP contribution is 2.19. The van der Waals surface area contributed by atoms with Crippen molar-refractivity contribution < 1.29 is 17.9 Å². The third kappa shape index (κ3) is 6.84. The number of anilines is 1. The second-order valence-corrected chi connectivity index (χ2v) is 15.3. The topological polar surface area (TPSA) is 78.9 Å². The number of hydrogen-bond acceptors (Lipinski definition) is 5. The first-order chi connectivity index (χ1) is 13.9. The molecule has 1 heterocycles. The third-order valence-electron chi connectivity index (χ3n) is 4.79. The van der Waals surface area contributed by atoms with E-state index in [1.54, 1.807) is 13.8 Å². The fraction of sp³-hybridized carbons (Fsp3) is 0.571. The van der Waals surface area contributed by atoms with Crippen LogP contribution in [0, 0.1) is 17.4 Å². The Balaban J connectivity index is 2.00. The molecular weight excluding hydrogens is 418 g/mol. The summed E-state index contributed by atoms with van der Waals surface area (Å²) >= 11 is 0. The summed E-state index contributed by atoms with van der Waals surface area (Å²) in [6.07, 6.45) is 0. The monoisotopic (exact) mass is 451 g/mol. The highest BCUT2D eigenvalue weighted by Gasteiger charge is 2.33. The highest BCUT2D eigenvalue weighted by molar-refractivity contribution is 7.87. The second-order valence-electron chi connectivity index (χ2n) is 8.80. The summed E-state index contributed by atoms with van der Waals surface area (Å²) in [5.41, 5.74) is 5.40. The standard InChI is InChI=1S/C21H33N3O4SSi/c1-17(2)20(21(25)28-3)22-29(26,27)24-14-12-23(13-15-24)19-9-7-18(8-10-19)11-16-30(4,5)6/h7-10,17,20,22H,12-15H2,1-6H3/t20-/m1/s1. The van der Waals surface area contributed by atoms with Crippen LogP contribution in [0.1, 0.15) is 19.4 Å². The number of ether oxygens (including phenoxy) is 1. The lowest BCUT2D eigenvalue weighted by Gasteiger charge is -2.36. The minimum absolute atomic E-state index is 0.212. The minimum atomic E-state index is -3.77. The van der Waals surface area contributed by atoms with E-state index in [-0.39, 0.29) is 5.92 Å². The maximum absolute atomic E-state index is 12.7. The Morgan fingerprint density at radius 3 is 2.13 bits per heavy atom. The molecular formula is C21H33N3O4SSi. The first-order valence-electron chi connectivity index (χ1n) is 10.2. The summed E-state index contributed by atoms with van der Waals surface area (Å²) in [6.45, 7) is 12.0. The van der Waals surface area contributed by atoms with Crippen molar-refractivity contribution >= 4 is 29.9 Å². The molecule has 0 spiro atoms. The minimum Gasteiger partial charge on any atom is -0.468 e. The number of nitrogens with one attached hydrogen (secondary N) is 1. The number of benzene rings is 1. The summed E-state index contributed by atoms with van der Waals surface area (Å²) in [6, 6.07) is 7.18. The van der Waals surface area contributed by atoms with Crippen LogP contribution in [0.25, 0.3) is 0 Å². The van der Waals surface area contributed by atoms with Crippen LogP contribution in [0.3, 0.4) is 0 Å². The van der Waals surface area contributed by atoms with Crippen molar-refractivity contribution in [1.82, 2.24) is 9.03 Å². The summed E-state index contributed by atoms with van der Waals surface area (Å²) in [5, 5.41) is 0. The maximum atomic E-state index is 12.7. The molecule has 0 amide bonds. The fourth-order valence-corrected chi connectivity index (χ4v) is 5.02. The van der Waals surface area contributed by atoms with Crippen molar-refractivity contribution in [3.05, 3.63) is 29.8 Å². The number of carbonyl (C=O) groups excluding carboxylic acids is 1. The Labute approximate surface area is 182 Å². The molecule has 166 valence electrons. The van der Waals surface area contributed by atoms with Gasteiger partial charge in [0.05, 0.1) is 7.11 Å². The van der Waals surface area contributed by atoms with Gasteiger partial charge in [0.2, 0.25) is 0 Å². The number of nitrogens with zero attached hydrogens (tertiary/aromatic N) is 2. The molecule has 0 aromatic heterocycles. The lowest BCUT2D eigenvalue weighted by atomic mass is 10.1. The number of carbonyl (C=O) groups is 1. The molecule has 0 radical (unpaired) electrons. The fourth-order valence-electron chi connectivity index (χ4n) is 3.02. The third-order valence-corrected chi connectivity index (χ3v) is 7.26. The van der Waals surface area contributed by atoms with E-state index in [2.05, 4.69) is 40.7 Å². The SMILES string of the molecule is COC(=O)[C@H](NS(=O)(=O)N1CCN(c2ccc(C#C[Si](C)(C)C)cc2)CC1)C(C)C. The number of rotatable bonds is 6. The molecule has 1 saturated heterocycles. The summed E-state index contributed by atoms with van der Waals surface area (Å²) < 4.78 is 34.1. The summed E-state index contributed by atoms with van der Waals surface area (Å²) in [5.74, 6) is 2.45. The molecule has 30 heavy (non-hydrogen) atoms. The van der Waals surface area contributed by atoms with Crippen LogP contribution in [-0.2, 0) is 19.7 Å². The quantitative estimate of drug-likeness (QED) is 0.407. The zero-order chi connectivity index (χ0) is 22.5. The number of piperazine rings is 1. The van der Waals surface area contributed by atoms with Crippen LogP contribution in [0.15, 0.2) is 24.3 Å². The lowest BCUT2D eigenvalue weighted by molar-refractivity contribution is -0.143. The largest absolute Gasteiger partial charge is 0.468 e. The van der Waals surface area contributed by atoms with E-state index < -0.39 is 30.3 Å². The van der Waals surface area contributed by atoms with Gasteiger partial charge in [-0.1, -0.05) is 39.4 Å². The Hall–Kier alpha value is -1.86. The molecule has 2 rings (SSSR count).